The molecular weight excluding hydrogens is 200 g/mol. The summed E-state index contributed by atoms with van der Waals surface area (Å²) in [5.41, 5.74) is 0. The van der Waals surface area contributed by atoms with Crippen LogP contribution in [0, 0.1) is 5.92 Å². The van der Waals surface area contributed by atoms with Crippen molar-refractivity contribution in [1.29, 1.82) is 0 Å². The molecule has 1 aliphatic carbocycles. The largest absolute Gasteiger partial charge is 0.378 e. The van der Waals surface area contributed by atoms with Crippen molar-refractivity contribution in [2.24, 2.45) is 5.92 Å². The van der Waals surface area contributed by atoms with Crippen LogP contribution in [0.25, 0.3) is 0 Å². The summed E-state index contributed by atoms with van der Waals surface area (Å²) < 4.78 is 5.96. The second-order valence-corrected chi connectivity index (χ2v) is 5.02. The topological polar surface area (TPSA) is 26.3 Å². The number of carbonyl (C=O) groups excluding carboxylic acids is 1. The lowest BCUT2D eigenvalue weighted by atomic mass is 9.85. The molecule has 0 radical (unpaired) electrons. The Morgan fingerprint density at radius 2 is 2.00 bits per heavy atom. The fourth-order valence-corrected chi connectivity index (χ4v) is 2.57. The van der Waals surface area contributed by atoms with Gasteiger partial charge in [0.25, 0.3) is 0 Å². The summed E-state index contributed by atoms with van der Waals surface area (Å²) in [6.07, 6.45) is 9.77. The number of hydrogen-bond donors (Lipinski definition) is 0. The van der Waals surface area contributed by atoms with Crippen LogP contribution in [0.4, 0.5) is 0 Å². The molecule has 0 saturated heterocycles. The number of ketones is 1. The summed E-state index contributed by atoms with van der Waals surface area (Å²) in [4.78, 5) is 10.8. The van der Waals surface area contributed by atoms with Crippen molar-refractivity contribution in [1.82, 2.24) is 0 Å². The van der Waals surface area contributed by atoms with Crippen LogP contribution in [0.15, 0.2) is 0 Å². The number of Topliss-reactive ketones (excluding diaryl/α,β-unsaturated/α-hetero) is 1. The summed E-state index contributed by atoms with van der Waals surface area (Å²) in [5.74, 6) is 1.07. The molecule has 0 spiro atoms. The third-order valence-electron chi connectivity index (χ3n) is 3.62. The first-order valence-electron chi connectivity index (χ1n) is 6.85. The lowest BCUT2D eigenvalue weighted by Crippen LogP contribution is -2.27. The molecule has 0 aromatic carbocycles. The predicted molar refractivity (Wildman–Crippen MR) is 66.5 cm³/mol. The first kappa shape index (κ1) is 13.7. The van der Waals surface area contributed by atoms with E-state index in [0.717, 1.165) is 25.4 Å². The van der Waals surface area contributed by atoms with Gasteiger partial charge in [0.2, 0.25) is 0 Å². The van der Waals surface area contributed by atoms with Gasteiger partial charge in [0.1, 0.15) is 5.78 Å². The number of rotatable bonds is 7. The zero-order valence-corrected chi connectivity index (χ0v) is 10.8. The summed E-state index contributed by atoms with van der Waals surface area (Å²) in [6.45, 7) is 4.77. The summed E-state index contributed by atoms with van der Waals surface area (Å²) in [7, 11) is 0. The maximum atomic E-state index is 10.8. The minimum absolute atomic E-state index is 0.295. The zero-order valence-electron chi connectivity index (χ0n) is 10.8. The zero-order chi connectivity index (χ0) is 11.8. The quantitative estimate of drug-likeness (QED) is 0.618. The number of ether oxygens (including phenoxy) is 1. The molecule has 0 aromatic rings. The van der Waals surface area contributed by atoms with Crippen LogP contribution in [0.1, 0.15) is 65.2 Å². The molecule has 0 N–H and O–H groups in total. The van der Waals surface area contributed by atoms with E-state index in [-0.39, 0.29) is 0 Å². The first-order chi connectivity index (χ1) is 7.74. The number of hydrogen-bond acceptors (Lipinski definition) is 2. The van der Waals surface area contributed by atoms with Gasteiger partial charge >= 0.3 is 0 Å². The Hall–Kier alpha value is -0.370. The molecule has 2 heteroatoms. The monoisotopic (exact) mass is 226 g/mol. The average molecular weight is 226 g/mol. The van der Waals surface area contributed by atoms with Gasteiger partial charge in [-0.05, 0) is 38.5 Å². The molecule has 1 rings (SSSR count). The molecule has 0 heterocycles. The smallest absolute Gasteiger partial charge is 0.129 e. The molecule has 2 unspecified atom stereocenters. The number of carbonyl (C=O) groups is 1. The van der Waals surface area contributed by atoms with Crippen LogP contribution in [0.5, 0.6) is 0 Å². The first-order valence-corrected chi connectivity index (χ1v) is 6.85. The second-order valence-electron chi connectivity index (χ2n) is 5.02. The third kappa shape index (κ3) is 5.11. The summed E-state index contributed by atoms with van der Waals surface area (Å²) in [5, 5.41) is 0. The third-order valence-corrected chi connectivity index (χ3v) is 3.62. The van der Waals surface area contributed by atoms with Crippen molar-refractivity contribution in [2.75, 3.05) is 6.61 Å². The molecule has 0 amide bonds. The van der Waals surface area contributed by atoms with Crippen molar-refractivity contribution in [3.8, 4) is 0 Å². The van der Waals surface area contributed by atoms with Crippen molar-refractivity contribution < 1.29 is 9.53 Å². The van der Waals surface area contributed by atoms with Gasteiger partial charge in [0.05, 0.1) is 6.10 Å². The van der Waals surface area contributed by atoms with Crippen LogP contribution < -0.4 is 0 Å². The molecule has 94 valence electrons. The van der Waals surface area contributed by atoms with Gasteiger partial charge in [-0.2, -0.15) is 0 Å². The SMILES string of the molecule is CCC1CCCCC1OCCCCC(C)=O. The van der Waals surface area contributed by atoms with E-state index < -0.39 is 0 Å². The molecule has 1 aliphatic rings. The van der Waals surface area contributed by atoms with Gasteiger partial charge in [-0.25, -0.2) is 0 Å². The van der Waals surface area contributed by atoms with E-state index in [1.807, 2.05) is 0 Å². The molecule has 16 heavy (non-hydrogen) atoms. The Bertz CT molecular complexity index is 201. The van der Waals surface area contributed by atoms with Gasteiger partial charge in [-0.15, -0.1) is 0 Å². The highest BCUT2D eigenvalue weighted by Gasteiger charge is 2.23. The van der Waals surface area contributed by atoms with Crippen molar-refractivity contribution in [2.45, 2.75) is 71.3 Å². The van der Waals surface area contributed by atoms with Crippen LogP contribution in [0.3, 0.4) is 0 Å². The molecule has 0 aliphatic heterocycles. The van der Waals surface area contributed by atoms with Crippen LogP contribution in [0.2, 0.25) is 0 Å². The Balaban J connectivity index is 2.08. The van der Waals surface area contributed by atoms with E-state index in [4.69, 9.17) is 4.74 Å². The highest BCUT2D eigenvalue weighted by molar-refractivity contribution is 5.75. The second kappa shape index (κ2) is 7.83. The van der Waals surface area contributed by atoms with Gasteiger partial charge in [-0.3, -0.25) is 0 Å². The Morgan fingerprint density at radius 1 is 1.25 bits per heavy atom. The van der Waals surface area contributed by atoms with E-state index in [0.29, 0.717) is 18.3 Å². The van der Waals surface area contributed by atoms with E-state index >= 15 is 0 Å². The standard InChI is InChI=1S/C14H26O2/c1-3-13-9-4-5-10-14(13)16-11-7-6-8-12(2)15/h13-14H,3-11H2,1-2H3. The lowest BCUT2D eigenvalue weighted by molar-refractivity contribution is -0.117. The highest BCUT2D eigenvalue weighted by atomic mass is 16.5. The predicted octanol–water partition coefficient (Wildman–Crippen LogP) is 3.73. The summed E-state index contributed by atoms with van der Waals surface area (Å²) >= 11 is 0. The Labute approximate surface area is 99.8 Å². The van der Waals surface area contributed by atoms with Crippen molar-refractivity contribution >= 4 is 5.78 Å². The normalized spacial score (nSPS) is 25.6. The van der Waals surface area contributed by atoms with Crippen LogP contribution >= 0.6 is 0 Å². The van der Waals surface area contributed by atoms with Crippen LogP contribution in [-0.2, 0) is 9.53 Å². The van der Waals surface area contributed by atoms with Gasteiger partial charge < -0.3 is 9.53 Å². The van der Waals surface area contributed by atoms with E-state index in [1.54, 1.807) is 6.92 Å². The molecule has 1 saturated carbocycles. The van der Waals surface area contributed by atoms with E-state index in [9.17, 15) is 4.79 Å². The van der Waals surface area contributed by atoms with Crippen LogP contribution in [-0.4, -0.2) is 18.5 Å². The molecule has 2 atom stereocenters. The lowest BCUT2D eigenvalue weighted by Gasteiger charge is -2.30. The molecule has 2 nitrogen and oxygen atoms in total. The van der Waals surface area contributed by atoms with Crippen molar-refractivity contribution in [3.05, 3.63) is 0 Å². The fourth-order valence-electron chi connectivity index (χ4n) is 2.57. The van der Waals surface area contributed by atoms with Gasteiger partial charge in [0, 0.05) is 13.0 Å². The fraction of sp³-hybridized carbons (Fsp3) is 0.929. The molecule has 1 fully saturated rings. The molecule has 0 bridgehead atoms. The highest BCUT2D eigenvalue weighted by Crippen LogP contribution is 2.29. The summed E-state index contributed by atoms with van der Waals surface area (Å²) in [6, 6.07) is 0. The van der Waals surface area contributed by atoms with E-state index in [2.05, 4.69) is 6.92 Å². The molecule has 0 aromatic heterocycles. The van der Waals surface area contributed by atoms with Crippen molar-refractivity contribution in [3.63, 3.8) is 0 Å². The number of unbranched alkanes of at least 4 members (excludes halogenated alkanes) is 1. The Kier molecular flexibility index (Phi) is 6.70. The minimum Gasteiger partial charge on any atom is -0.378 e. The van der Waals surface area contributed by atoms with Gasteiger partial charge in [-0.1, -0.05) is 26.2 Å². The molecular formula is C14H26O2. The maximum absolute atomic E-state index is 10.8. The van der Waals surface area contributed by atoms with Gasteiger partial charge in [0.15, 0.2) is 0 Å². The average Bonchev–Trinajstić information content (AvgIpc) is 2.29. The maximum Gasteiger partial charge on any atom is 0.129 e. The minimum atomic E-state index is 0.295. The van der Waals surface area contributed by atoms with E-state index in [1.165, 1.54) is 32.1 Å². The Morgan fingerprint density at radius 3 is 2.69 bits per heavy atom.